The molecule has 2 amide bonds. The summed E-state index contributed by atoms with van der Waals surface area (Å²) < 4.78 is 29.2. The standard InChI is InChI=1S/C25H37N4O6P/c1-8-35-36(33)17-13-15(34-14-18(26)30)9-10-16(17)27-22(28-36)19-20(31)21(25(5,6)7)29(23(19)32)12-11-24(2,3)4/h9-10,13,21,31H,8,11-12,14H2,1-7H3,(H2,26,30)(H,27,28,33). The number of aliphatic hydroxyl groups is 1. The average molecular weight is 521 g/mol. The third-order valence-electron chi connectivity index (χ3n) is 5.90. The van der Waals surface area contributed by atoms with Crippen LogP contribution in [0, 0.1) is 10.8 Å². The lowest BCUT2D eigenvalue weighted by atomic mass is 9.84. The Kier molecular flexibility index (Phi) is 7.63. The Morgan fingerprint density at radius 3 is 2.47 bits per heavy atom. The number of ether oxygens (including phenoxy) is 1. The van der Waals surface area contributed by atoms with Crippen LogP contribution >= 0.6 is 7.52 Å². The highest BCUT2D eigenvalue weighted by Gasteiger charge is 2.48. The quantitative estimate of drug-likeness (QED) is 0.443. The minimum atomic E-state index is -3.85. The molecular weight excluding hydrogens is 483 g/mol. The Morgan fingerprint density at radius 2 is 1.92 bits per heavy atom. The number of rotatable bonds is 8. The first-order chi connectivity index (χ1) is 16.6. The van der Waals surface area contributed by atoms with E-state index in [1.807, 2.05) is 20.8 Å². The van der Waals surface area contributed by atoms with Crippen LogP contribution in [0.15, 0.2) is 34.3 Å². The Morgan fingerprint density at radius 1 is 1.25 bits per heavy atom. The molecule has 0 fully saturated rings. The van der Waals surface area contributed by atoms with Gasteiger partial charge in [-0.2, -0.15) is 4.76 Å². The van der Waals surface area contributed by atoms with Gasteiger partial charge >= 0.3 is 7.52 Å². The van der Waals surface area contributed by atoms with Crippen molar-refractivity contribution < 1.29 is 28.5 Å². The van der Waals surface area contributed by atoms with Gasteiger partial charge in [-0.05, 0) is 42.4 Å². The van der Waals surface area contributed by atoms with E-state index in [0.717, 1.165) is 6.42 Å². The molecule has 2 aliphatic rings. The maximum Gasteiger partial charge on any atom is 0.348 e. The molecule has 0 saturated heterocycles. The normalized spacial score (nSPS) is 22.3. The van der Waals surface area contributed by atoms with Crippen LogP contribution in [0.4, 0.5) is 5.69 Å². The van der Waals surface area contributed by atoms with Crippen molar-refractivity contribution in [1.82, 2.24) is 4.90 Å². The number of amides is 2. The average Bonchev–Trinajstić information content (AvgIpc) is 3.00. The van der Waals surface area contributed by atoms with Crippen LogP contribution in [0.25, 0.3) is 0 Å². The molecule has 0 saturated carbocycles. The minimum Gasteiger partial charge on any atom is -0.509 e. The molecule has 1 aromatic rings. The van der Waals surface area contributed by atoms with E-state index in [1.54, 1.807) is 24.0 Å². The fraction of sp³-hybridized carbons (Fsp3) is 0.560. The van der Waals surface area contributed by atoms with Crippen molar-refractivity contribution in [2.75, 3.05) is 25.1 Å². The molecule has 2 unspecified atom stereocenters. The third kappa shape index (κ3) is 5.76. The molecule has 0 bridgehead atoms. The first-order valence-corrected chi connectivity index (χ1v) is 13.6. The summed E-state index contributed by atoms with van der Waals surface area (Å²) in [6.07, 6.45) is 0.736. The largest absolute Gasteiger partial charge is 0.509 e. The Hall–Kier alpha value is -2.84. The number of aliphatic hydroxyl groups excluding tert-OH is 1. The summed E-state index contributed by atoms with van der Waals surface area (Å²) >= 11 is 0. The zero-order chi connectivity index (χ0) is 27.1. The van der Waals surface area contributed by atoms with E-state index in [-0.39, 0.29) is 52.8 Å². The van der Waals surface area contributed by atoms with Crippen LogP contribution in [-0.4, -0.2) is 53.5 Å². The highest BCUT2D eigenvalue weighted by atomic mass is 31.2. The lowest BCUT2D eigenvalue weighted by Crippen LogP contribution is -2.45. The first-order valence-electron chi connectivity index (χ1n) is 12.0. The monoisotopic (exact) mass is 520 g/mol. The number of primary amides is 1. The summed E-state index contributed by atoms with van der Waals surface area (Å²) in [4.78, 5) is 26.4. The zero-order valence-electron chi connectivity index (χ0n) is 22.0. The number of nitrogens with one attached hydrogen (secondary N) is 1. The van der Waals surface area contributed by atoms with E-state index < -0.39 is 24.9 Å². The topological polar surface area (TPSA) is 144 Å². The SMILES string of the molecule is CCOP1(=O)N=C(C2=C(O)C(C(C)(C)C)N(CCC(C)(C)C)C2=O)Nc2ccc(OCC(N)=O)cc21. The number of hydrogen-bond acceptors (Lipinski definition) is 7. The summed E-state index contributed by atoms with van der Waals surface area (Å²) in [6.45, 7) is 14.0. The lowest BCUT2D eigenvalue weighted by molar-refractivity contribution is -0.128. The van der Waals surface area contributed by atoms with Crippen LogP contribution in [0.5, 0.6) is 5.75 Å². The second-order valence-corrected chi connectivity index (χ2v) is 13.3. The van der Waals surface area contributed by atoms with Crippen molar-refractivity contribution in [3.63, 3.8) is 0 Å². The predicted molar refractivity (Wildman–Crippen MR) is 140 cm³/mol. The molecule has 10 nitrogen and oxygen atoms in total. The highest BCUT2D eigenvalue weighted by molar-refractivity contribution is 7.66. The number of nitrogens with two attached hydrogens (primary N) is 1. The third-order valence-corrected chi connectivity index (χ3v) is 7.96. The second-order valence-electron chi connectivity index (χ2n) is 11.3. The Bertz CT molecular complexity index is 1160. The molecule has 0 radical (unpaired) electrons. The highest BCUT2D eigenvalue weighted by Crippen LogP contribution is 2.53. The van der Waals surface area contributed by atoms with E-state index in [1.165, 1.54) is 6.07 Å². The summed E-state index contributed by atoms with van der Waals surface area (Å²) in [5, 5.41) is 14.6. The number of benzene rings is 1. The Labute approximate surface area is 212 Å². The number of amidine groups is 1. The smallest absolute Gasteiger partial charge is 0.348 e. The van der Waals surface area contributed by atoms with Gasteiger partial charge in [0.05, 0.1) is 23.6 Å². The van der Waals surface area contributed by atoms with Gasteiger partial charge in [-0.25, -0.2) is 0 Å². The molecule has 3 rings (SSSR count). The van der Waals surface area contributed by atoms with Gasteiger partial charge in [0.1, 0.15) is 17.1 Å². The number of hydrogen-bond donors (Lipinski definition) is 3. The van der Waals surface area contributed by atoms with E-state index in [2.05, 4.69) is 30.9 Å². The van der Waals surface area contributed by atoms with Gasteiger partial charge in [0.15, 0.2) is 12.4 Å². The zero-order valence-corrected chi connectivity index (χ0v) is 22.9. The van der Waals surface area contributed by atoms with Crippen LogP contribution in [0.2, 0.25) is 0 Å². The van der Waals surface area contributed by atoms with Gasteiger partial charge in [0.2, 0.25) is 0 Å². The molecule has 0 spiro atoms. The molecule has 2 aliphatic heterocycles. The van der Waals surface area contributed by atoms with Crippen molar-refractivity contribution in [1.29, 1.82) is 0 Å². The minimum absolute atomic E-state index is 0.0000892. The van der Waals surface area contributed by atoms with Gasteiger partial charge in [-0.3, -0.25) is 14.2 Å². The molecule has 2 heterocycles. The molecule has 2 atom stereocenters. The van der Waals surface area contributed by atoms with Crippen molar-refractivity contribution in [2.45, 2.75) is 60.9 Å². The van der Waals surface area contributed by atoms with Gasteiger partial charge in [0.25, 0.3) is 11.8 Å². The molecule has 198 valence electrons. The van der Waals surface area contributed by atoms with Gasteiger partial charge in [-0.1, -0.05) is 41.5 Å². The summed E-state index contributed by atoms with van der Waals surface area (Å²) in [5.74, 6) is -0.865. The fourth-order valence-electron chi connectivity index (χ4n) is 4.26. The van der Waals surface area contributed by atoms with Crippen molar-refractivity contribution in [2.24, 2.45) is 21.3 Å². The molecular formula is C25H37N4O6P. The van der Waals surface area contributed by atoms with Crippen LogP contribution in [-0.2, 0) is 18.7 Å². The van der Waals surface area contributed by atoms with E-state index in [9.17, 15) is 19.3 Å². The summed E-state index contributed by atoms with van der Waals surface area (Å²) in [7, 11) is -3.85. The summed E-state index contributed by atoms with van der Waals surface area (Å²) in [6, 6.07) is 4.08. The number of carbonyl (C=O) groups excluding carboxylic acids is 2. The molecule has 36 heavy (non-hydrogen) atoms. The second kappa shape index (κ2) is 9.90. The number of nitrogens with zero attached hydrogens (tertiary/aromatic N) is 2. The fourth-order valence-corrected chi connectivity index (χ4v) is 6.05. The predicted octanol–water partition coefficient (Wildman–Crippen LogP) is 3.73. The lowest BCUT2D eigenvalue weighted by Gasteiger charge is -2.36. The first kappa shape index (κ1) is 27.7. The molecule has 4 N–H and O–H groups in total. The molecule has 1 aromatic carbocycles. The van der Waals surface area contributed by atoms with Crippen LogP contribution in [0.3, 0.4) is 0 Å². The van der Waals surface area contributed by atoms with Gasteiger partial charge < -0.3 is 30.3 Å². The van der Waals surface area contributed by atoms with E-state index >= 15 is 0 Å². The maximum absolute atomic E-state index is 13.9. The number of carbonyl (C=O) groups is 2. The number of fused-ring (bicyclic) bond motifs is 1. The molecule has 0 aromatic heterocycles. The van der Waals surface area contributed by atoms with Crippen molar-refractivity contribution >= 4 is 36.2 Å². The van der Waals surface area contributed by atoms with Crippen molar-refractivity contribution in [3.05, 3.63) is 29.5 Å². The van der Waals surface area contributed by atoms with E-state index in [4.69, 9.17) is 15.0 Å². The van der Waals surface area contributed by atoms with Crippen molar-refractivity contribution in [3.8, 4) is 5.75 Å². The number of anilines is 1. The van der Waals surface area contributed by atoms with Crippen LogP contribution in [0.1, 0.15) is 54.9 Å². The maximum atomic E-state index is 13.9. The Balaban J connectivity index is 2.06. The van der Waals surface area contributed by atoms with Gasteiger partial charge in [-0.15, -0.1) is 0 Å². The van der Waals surface area contributed by atoms with Crippen LogP contribution < -0.4 is 21.1 Å². The molecule has 0 aliphatic carbocycles. The van der Waals surface area contributed by atoms with E-state index in [0.29, 0.717) is 12.2 Å². The summed E-state index contributed by atoms with van der Waals surface area (Å²) in [5.41, 5.74) is 5.07. The molecule has 11 heteroatoms. The van der Waals surface area contributed by atoms with Gasteiger partial charge in [0, 0.05) is 6.54 Å².